The summed E-state index contributed by atoms with van der Waals surface area (Å²) in [5, 5.41) is 2.64. The predicted octanol–water partition coefficient (Wildman–Crippen LogP) is 2.94. The van der Waals surface area contributed by atoms with E-state index in [2.05, 4.69) is 5.09 Å². The molecule has 0 unspecified atom stereocenters. The van der Waals surface area contributed by atoms with Crippen LogP contribution >= 0.6 is 7.75 Å². The molecule has 0 aliphatic carbocycles. The molecule has 152 valence electrons. The van der Waals surface area contributed by atoms with Crippen molar-refractivity contribution in [3.8, 4) is 11.5 Å². The predicted molar refractivity (Wildman–Crippen MR) is 104 cm³/mol. The highest BCUT2D eigenvalue weighted by Gasteiger charge is 2.34. The van der Waals surface area contributed by atoms with Crippen LogP contribution in [-0.2, 0) is 18.9 Å². The molecule has 2 aromatic rings. The Hall–Kier alpha value is -2.38. The van der Waals surface area contributed by atoms with Gasteiger partial charge in [-0.2, -0.15) is 10.6 Å². The number of hydrogen-bond acceptors (Lipinski definition) is 6. The number of rotatable bonds is 10. The van der Waals surface area contributed by atoms with Crippen molar-refractivity contribution in [2.45, 2.75) is 32.9 Å². The Bertz CT molecular complexity index is 798. The van der Waals surface area contributed by atoms with Gasteiger partial charge in [-0.1, -0.05) is 18.2 Å². The van der Waals surface area contributed by atoms with Gasteiger partial charge in [-0.15, -0.1) is 0 Å². The first-order valence-electron chi connectivity index (χ1n) is 8.80. The second kappa shape index (κ2) is 10.2. The van der Waals surface area contributed by atoms with E-state index >= 15 is 0 Å². The highest BCUT2D eigenvalue weighted by molar-refractivity contribution is 7.52. The topological polar surface area (TPSA) is 99.7 Å². The molecule has 0 bridgehead atoms. The van der Waals surface area contributed by atoms with E-state index in [1.54, 1.807) is 81.0 Å². The molecule has 0 fully saturated rings. The molecule has 28 heavy (non-hydrogen) atoms. The Balaban J connectivity index is 2.20. The van der Waals surface area contributed by atoms with Gasteiger partial charge < -0.3 is 13.8 Å². The monoisotopic (exact) mass is 409 g/mol. The van der Waals surface area contributed by atoms with E-state index in [-0.39, 0.29) is 6.10 Å². The molecule has 0 saturated heterocycles. The third-order valence-electron chi connectivity index (χ3n) is 3.39. The number of nitrogens with one attached hydrogen (secondary N) is 1. The van der Waals surface area contributed by atoms with Crippen molar-refractivity contribution in [2.75, 3.05) is 7.11 Å². The zero-order chi connectivity index (χ0) is 20.6. The summed E-state index contributed by atoms with van der Waals surface area (Å²) in [6.07, 6.45) is -0.295. The summed E-state index contributed by atoms with van der Waals surface area (Å²) in [4.78, 5) is 17.1. The Labute approximate surface area is 164 Å². The third-order valence-corrected chi connectivity index (χ3v) is 4.99. The van der Waals surface area contributed by atoms with E-state index in [0.29, 0.717) is 11.5 Å². The van der Waals surface area contributed by atoms with Crippen molar-refractivity contribution in [1.29, 1.82) is 0 Å². The van der Waals surface area contributed by atoms with E-state index in [1.807, 2.05) is 0 Å². The maximum atomic E-state index is 13.4. The van der Waals surface area contributed by atoms with Crippen LogP contribution in [0.15, 0.2) is 54.6 Å². The fourth-order valence-corrected chi connectivity index (χ4v) is 3.72. The second-order valence-electron chi connectivity index (χ2n) is 6.25. The number of quaternary nitrogens is 1. The van der Waals surface area contributed by atoms with Gasteiger partial charge in [-0.25, -0.2) is 9.40 Å². The van der Waals surface area contributed by atoms with Gasteiger partial charge in [-0.05, 0) is 45.0 Å². The fourth-order valence-electron chi connectivity index (χ4n) is 2.20. The molecule has 2 aromatic carbocycles. The largest absolute Gasteiger partial charge is 0.513 e. The van der Waals surface area contributed by atoms with Crippen LogP contribution in [0.25, 0.3) is 0 Å². The molecule has 0 amide bonds. The molecule has 2 rings (SSSR count). The molecule has 0 aliphatic rings. The van der Waals surface area contributed by atoms with Crippen LogP contribution in [0.5, 0.6) is 11.5 Å². The highest BCUT2D eigenvalue weighted by Crippen LogP contribution is 2.45. The molecule has 9 heteroatoms. The second-order valence-corrected chi connectivity index (χ2v) is 7.87. The number of benzene rings is 2. The van der Waals surface area contributed by atoms with Crippen LogP contribution in [0, 0.1) is 0 Å². The number of hydrogen-bond donors (Lipinski definition) is 2. The number of carbonyl (C=O) groups excluding carboxylic acids is 1. The van der Waals surface area contributed by atoms with Crippen LogP contribution in [0.3, 0.4) is 0 Å². The van der Waals surface area contributed by atoms with Crippen LogP contribution in [0.4, 0.5) is 5.69 Å². The zero-order valence-corrected chi connectivity index (χ0v) is 17.2. The number of esters is 1. The molecule has 2 atom stereocenters. The molecule has 0 aliphatic heterocycles. The lowest BCUT2D eigenvalue weighted by molar-refractivity contribution is -0.830. The molecule has 3 N–H and O–H groups in total. The minimum atomic E-state index is -3.94. The molecular formula is C19H26N2O6P+. The Morgan fingerprint density at radius 1 is 0.964 bits per heavy atom. The highest BCUT2D eigenvalue weighted by atomic mass is 31.2. The summed E-state index contributed by atoms with van der Waals surface area (Å²) in [5.41, 5.74) is 2.38. The van der Waals surface area contributed by atoms with E-state index in [0.717, 1.165) is 5.69 Å². The van der Waals surface area contributed by atoms with Crippen molar-refractivity contribution in [3.63, 3.8) is 0 Å². The summed E-state index contributed by atoms with van der Waals surface area (Å²) in [5.74, 6) is 0.0945. The first-order valence-corrected chi connectivity index (χ1v) is 10.3. The maximum absolute atomic E-state index is 13.4. The number of ether oxygens (including phenoxy) is 1. The number of nitrogens with two attached hydrogens (primary N) is 1. The Morgan fingerprint density at radius 3 is 2.07 bits per heavy atom. The molecule has 0 radical (unpaired) electrons. The van der Waals surface area contributed by atoms with Gasteiger partial charge in [0.15, 0.2) is 5.69 Å². The lowest BCUT2D eigenvalue weighted by Gasteiger charge is -2.23. The molecule has 8 nitrogen and oxygen atoms in total. The van der Waals surface area contributed by atoms with Crippen molar-refractivity contribution < 1.29 is 33.5 Å². The average molecular weight is 409 g/mol. The summed E-state index contributed by atoms with van der Waals surface area (Å²) in [6.45, 7) is 5.01. The zero-order valence-electron chi connectivity index (χ0n) is 16.3. The normalized spacial score (nSPS) is 14.2. The van der Waals surface area contributed by atoms with Crippen LogP contribution in [0.1, 0.15) is 20.8 Å². The molecule has 0 aromatic heterocycles. The molecular weight excluding hydrogens is 383 g/mol. The minimum absolute atomic E-state index is 0.295. The van der Waals surface area contributed by atoms with Crippen molar-refractivity contribution in [2.24, 2.45) is 0 Å². The van der Waals surface area contributed by atoms with Gasteiger partial charge in [0.25, 0.3) is 0 Å². The quantitative estimate of drug-likeness (QED) is 0.269. The Kier molecular flexibility index (Phi) is 8.02. The Morgan fingerprint density at radius 2 is 1.54 bits per heavy atom. The van der Waals surface area contributed by atoms with Gasteiger partial charge in [-0.3, -0.25) is 4.79 Å². The van der Waals surface area contributed by atoms with Crippen LogP contribution < -0.4 is 19.6 Å². The van der Waals surface area contributed by atoms with Gasteiger partial charge in [0.05, 0.1) is 13.2 Å². The van der Waals surface area contributed by atoms with Crippen LogP contribution in [0.2, 0.25) is 0 Å². The number of carbonyl (C=O) groups is 1. The minimum Gasteiger partial charge on any atom is -0.462 e. The van der Waals surface area contributed by atoms with Crippen LogP contribution in [-0.4, -0.2) is 25.2 Å². The van der Waals surface area contributed by atoms with Crippen molar-refractivity contribution in [3.05, 3.63) is 54.6 Å². The fraction of sp³-hybridized carbons (Fsp3) is 0.316. The van der Waals surface area contributed by atoms with Gasteiger partial charge in [0, 0.05) is 12.1 Å². The standard InChI is InChI=1S/C19H25N2O6P/c1-14(2)25-19(22)15(3)21-28(23,26-17-8-6-5-7-9-17)27-18-12-10-16(11-13-18)20-24-4/h5-15,20H,1-4H3,(H,21,23)/p+1/t15-,28+/m0/s1. The lowest BCUT2D eigenvalue weighted by Crippen LogP contribution is -2.75. The van der Waals surface area contributed by atoms with Gasteiger partial charge in [0.1, 0.15) is 17.5 Å². The van der Waals surface area contributed by atoms with Gasteiger partial charge in [0.2, 0.25) is 0 Å². The van der Waals surface area contributed by atoms with Crippen molar-refractivity contribution in [1.82, 2.24) is 5.09 Å². The molecule has 0 heterocycles. The van der Waals surface area contributed by atoms with Gasteiger partial charge >= 0.3 is 13.7 Å². The van der Waals surface area contributed by atoms with E-state index in [4.69, 9.17) is 18.6 Å². The first-order chi connectivity index (χ1) is 13.3. The third kappa shape index (κ3) is 6.98. The summed E-state index contributed by atoms with van der Waals surface area (Å²) in [7, 11) is -2.39. The van der Waals surface area contributed by atoms with E-state index in [1.165, 1.54) is 6.92 Å². The summed E-state index contributed by atoms with van der Waals surface area (Å²) >= 11 is 0. The molecule has 0 spiro atoms. The van der Waals surface area contributed by atoms with E-state index in [9.17, 15) is 9.36 Å². The lowest BCUT2D eigenvalue weighted by atomic mass is 10.3. The maximum Gasteiger partial charge on any atom is 0.513 e. The van der Waals surface area contributed by atoms with Crippen molar-refractivity contribution >= 4 is 19.4 Å². The smallest absolute Gasteiger partial charge is 0.462 e. The first kappa shape index (κ1) is 21.9. The average Bonchev–Trinajstić information content (AvgIpc) is 2.63. The number of para-hydroxylation sites is 1. The summed E-state index contributed by atoms with van der Waals surface area (Å²) in [6, 6.07) is 14.4. The summed E-state index contributed by atoms with van der Waals surface area (Å²) < 4.78 is 29.7. The van der Waals surface area contributed by atoms with E-state index < -0.39 is 19.8 Å². The SMILES string of the molecule is CO[NH2+]c1ccc(O[P@@](=O)(N[C@@H](C)C(=O)OC(C)C)Oc2ccccc2)cc1. The molecule has 0 saturated carbocycles.